The van der Waals surface area contributed by atoms with Crippen LogP contribution in [0.3, 0.4) is 0 Å². The summed E-state index contributed by atoms with van der Waals surface area (Å²) in [7, 11) is 0. The molecule has 2 unspecified atom stereocenters. The number of hydrogen-bond acceptors (Lipinski definition) is 2. The maximum absolute atomic E-state index is 10.2. The molecule has 13 heavy (non-hydrogen) atoms. The van der Waals surface area contributed by atoms with E-state index in [-0.39, 0.29) is 6.10 Å². The molecule has 0 aromatic heterocycles. The number of rotatable bonds is 8. The Kier molecular flexibility index (Phi) is 8.00. The van der Waals surface area contributed by atoms with Gasteiger partial charge in [0.2, 0.25) is 0 Å². The molecule has 0 amide bonds. The van der Waals surface area contributed by atoms with Crippen LogP contribution in [0, 0.1) is 5.92 Å². The van der Waals surface area contributed by atoms with Gasteiger partial charge in [-0.1, -0.05) is 26.2 Å². The highest BCUT2D eigenvalue weighted by molar-refractivity contribution is 5.50. The zero-order chi connectivity index (χ0) is 10.1. The van der Waals surface area contributed by atoms with E-state index in [9.17, 15) is 4.79 Å². The van der Waals surface area contributed by atoms with Gasteiger partial charge >= 0.3 is 0 Å². The van der Waals surface area contributed by atoms with E-state index in [1.807, 2.05) is 6.29 Å². The van der Waals surface area contributed by atoms with Gasteiger partial charge in [0.1, 0.15) is 0 Å². The highest BCUT2D eigenvalue weighted by Crippen LogP contribution is 2.18. The van der Waals surface area contributed by atoms with Crippen molar-refractivity contribution in [3.05, 3.63) is 0 Å². The molecule has 77 valence electrons. The van der Waals surface area contributed by atoms with E-state index in [0.29, 0.717) is 12.3 Å². The van der Waals surface area contributed by atoms with Crippen LogP contribution < -0.4 is 0 Å². The minimum absolute atomic E-state index is 0.240. The first-order valence-electron chi connectivity index (χ1n) is 5.23. The monoisotopic (exact) mass is 185 g/mol. The van der Waals surface area contributed by atoms with E-state index >= 15 is 0 Å². The first-order chi connectivity index (χ1) is 6.20. The summed E-state index contributed by atoms with van der Waals surface area (Å²) in [6.07, 6.45) is 7.46. The molecule has 0 aromatic rings. The number of unbranched alkanes of at least 4 members (excludes halogenated alkanes) is 1. The molecule has 0 rings (SSSR count). The molecule has 0 saturated carbocycles. The van der Waals surface area contributed by atoms with E-state index < -0.39 is 0 Å². The second-order valence-electron chi connectivity index (χ2n) is 3.78. The molecular formula is C11H21O2. The molecule has 0 bridgehead atoms. The third kappa shape index (κ3) is 7.97. The molecular weight excluding hydrogens is 164 g/mol. The molecule has 1 radical (unpaired) electrons. The fourth-order valence-electron chi connectivity index (χ4n) is 1.44. The molecule has 2 atom stereocenters. The Bertz CT molecular complexity index is 121. The molecule has 1 N–H and O–H groups in total. The average molecular weight is 185 g/mol. The van der Waals surface area contributed by atoms with Crippen LogP contribution in [-0.2, 0) is 4.79 Å². The van der Waals surface area contributed by atoms with Gasteiger partial charge in [-0.25, -0.2) is 0 Å². The van der Waals surface area contributed by atoms with Gasteiger partial charge in [-0.2, -0.15) is 0 Å². The Morgan fingerprint density at radius 2 is 2.00 bits per heavy atom. The molecule has 0 aliphatic heterocycles. The van der Waals surface area contributed by atoms with Crippen LogP contribution in [0.5, 0.6) is 0 Å². The van der Waals surface area contributed by atoms with E-state index in [2.05, 4.69) is 6.92 Å². The first-order valence-corrected chi connectivity index (χ1v) is 5.23. The lowest BCUT2D eigenvalue weighted by atomic mass is 9.93. The number of carbonyl (C=O) groups excluding carboxylic acids is 1. The van der Waals surface area contributed by atoms with E-state index in [1.165, 1.54) is 12.8 Å². The fourth-order valence-corrected chi connectivity index (χ4v) is 1.44. The van der Waals surface area contributed by atoms with Gasteiger partial charge in [0.25, 0.3) is 0 Å². The fraction of sp³-hybridized carbons (Fsp3) is 0.909. The quantitative estimate of drug-likeness (QED) is 0.630. The van der Waals surface area contributed by atoms with Crippen molar-refractivity contribution < 1.29 is 9.90 Å². The Balaban J connectivity index is 3.59. The molecule has 0 fully saturated rings. The van der Waals surface area contributed by atoms with Crippen LogP contribution in [0.1, 0.15) is 52.4 Å². The number of hydrogen-bond donors (Lipinski definition) is 1. The van der Waals surface area contributed by atoms with E-state index in [0.717, 1.165) is 19.3 Å². The standard InChI is InChI=1S/C11H21O2/c1-3-4-5-11(8-9-12)7-6-10(2)13/h10-11,13H,3-8H2,1-2H3. The zero-order valence-corrected chi connectivity index (χ0v) is 8.75. The predicted molar refractivity (Wildman–Crippen MR) is 54.2 cm³/mol. The number of aliphatic hydroxyl groups is 1. The largest absolute Gasteiger partial charge is 0.393 e. The molecule has 2 heteroatoms. The lowest BCUT2D eigenvalue weighted by Gasteiger charge is -2.13. The van der Waals surface area contributed by atoms with Crippen molar-refractivity contribution in [2.45, 2.75) is 58.5 Å². The van der Waals surface area contributed by atoms with Gasteiger partial charge in [-0.3, -0.25) is 4.79 Å². The Morgan fingerprint density at radius 1 is 1.31 bits per heavy atom. The SMILES string of the molecule is CCCCC(C[C]=O)CCC(C)O. The van der Waals surface area contributed by atoms with Crippen LogP contribution in [0.15, 0.2) is 0 Å². The van der Waals surface area contributed by atoms with Crippen molar-refractivity contribution >= 4 is 6.29 Å². The van der Waals surface area contributed by atoms with Gasteiger partial charge in [-0.05, 0) is 25.7 Å². The lowest BCUT2D eigenvalue weighted by molar-refractivity contribution is 0.172. The highest BCUT2D eigenvalue weighted by Gasteiger charge is 2.09. The Labute approximate surface area is 81.3 Å². The Morgan fingerprint density at radius 3 is 2.46 bits per heavy atom. The van der Waals surface area contributed by atoms with Gasteiger partial charge in [0.15, 0.2) is 6.29 Å². The Hall–Kier alpha value is -0.370. The van der Waals surface area contributed by atoms with Crippen LogP contribution in [0.4, 0.5) is 0 Å². The van der Waals surface area contributed by atoms with Crippen molar-refractivity contribution in [2.75, 3.05) is 0 Å². The van der Waals surface area contributed by atoms with Gasteiger partial charge in [-0.15, -0.1) is 0 Å². The van der Waals surface area contributed by atoms with Crippen LogP contribution in [0.2, 0.25) is 0 Å². The maximum Gasteiger partial charge on any atom is 0.198 e. The third-order valence-corrected chi connectivity index (χ3v) is 2.33. The summed E-state index contributed by atoms with van der Waals surface area (Å²) in [5.74, 6) is 0.437. The van der Waals surface area contributed by atoms with Crippen molar-refractivity contribution in [3.63, 3.8) is 0 Å². The lowest BCUT2D eigenvalue weighted by Crippen LogP contribution is -2.07. The van der Waals surface area contributed by atoms with Gasteiger partial charge in [0, 0.05) is 6.42 Å². The number of aliphatic hydroxyl groups excluding tert-OH is 1. The molecule has 0 spiro atoms. The zero-order valence-electron chi connectivity index (χ0n) is 8.75. The molecule has 0 saturated heterocycles. The third-order valence-electron chi connectivity index (χ3n) is 2.33. The normalized spacial score (nSPS) is 15.3. The highest BCUT2D eigenvalue weighted by atomic mass is 16.3. The predicted octanol–water partition coefficient (Wildman–Crippen LogP) is 2.45. The van der Waals surface area contributed by atoms with Crippen molar-refractivity contribution in [2.24, 2.45) is 5.92 Å². The van der Waals surface area contributed by atoms with Crippen LogP contribution in [-0.4, -0.2) is 17.5 Å². The van der Waals surface area contributed by atoms with Gasteiger partial charge in [0.05, 0.1) is 6.10 Å². The molecule has 0 heterocycles. The van der Waals surface area contributed by atoms with Crippen LogP contribution >= 0.6 is 0 Å². The van der Waals surface area contributed by atoms with Crippen molar-refractivity contribution in [1.82, 2.24) is 0 Å². The van der Waals surface area contributed by atoms with Crippen molar-refractivity contribution in [1.29, 1.82) is 0 Å². The summed E-state index contributed by atoms with van der Waals surface area (Å²) in [4.78, 5) is 10.2. The van der Waals surface area contributed by atoms with Crippen LogP contribution in [0.25, 0.3) is 0 Å². The minimum atomic E-state index is -0.240. The summed E-state index contributed by atoms with van der Waals surface area (Å²) in [6.45, 7) is 3.94. The summed E-state index contributed by atoms with van der Waals surface area (Å²) in [5.41, 5.74) is 0. The maximum atomic E-state index is 10.2. The smallest absolute Gasteiger partial charge is 0.198 e. The first kappa shape index (κ1) is 12.6. The van der Waals surface area contributed by atoms with Gasteiger partial charge < -0.3 is 5.11 Å². The molecule has 0 aliphatic carbocycles. The second kappa shape index (κ2) is 8.24. The molecule has 0 aliphatic rings. The average Bonchev–Trinajstić information content (AvgIpc) is 2.09. The second-order valence-corrected chi connectivity index (χ2v) is 3.78. The van der Waals surface area contributed by atoms with E-state index in [4.69, 9.17) is 5.11 Å². The minimum Gasteiger partial charge on any atom is -0.393 e. The topological polar surface area (TPSA) is 37.3 Å². The summed E-state index contributed by atoms with van der Waals surface area (Å²) < 4.78 is 0. The van der Waals surface area contributed by atoms with E-state index in [1.54, 1.807) is 6.92 Å². The summed E-state index contributed by atoms with van der Waals surface area (Å²) >= 11 is 0. The molecule has 2 nitrogen and oxygen atoms in total. The van der Waals surface area contributed by atoms with Crippen molar-refractivity contribution in [3.8, 4) is 0 Å². The summed E-state index contributed by atoms with van der Waals surface area (Å²) in [5, 5.41) is 9.10. The summed E-state index contributed by atoms with van der Waals surface area (Å²) in [6, 6.07) is 0. The molecule has 0 aromatic carbocycles.